The Bertz CT molecular complexity index is 371. The number of alkyl halides is 2. The van der Waals surface area contributed by atoms with E-state index in [9.17, 15) is 9.59 Å². The average molecular weight is 357 g/mol. The summed E-state index contributed by atoms with van der Waals surface area (Å²) in [6, 6.07) is -0.233. The Morgan fingerprint density at radius 2 is 2.05 bits per heavy atom. The van der Waals surface area contributed by atoms with E-state index in [0.717, 1.165) is 0 Å². The third kappa shape index (κ3) is 3.99. The first-order chi connectivity index (χ1) is 8.60. The van der Waals surface area contributed by atoms with Crippen LogP contribution >= 0.6 is 27.5 Å². The van der Waals surface area contributed by atoms with E-state index in [1.54, 1.807) is 27.7 Å². The van der Waals surface area contributed by atoms with Crippen molar-refractivity contribution in [1.82, 2.24) is 4.90 Å². The predicted molar refractivity (Wildman–Crippen MR) is 75.5 cm³/mol. The molecule has 19 heavy (non-hydrogen) atoms. The lowest BCUT2D eigenvalue weighted by Gasteiger charge is -2.33. The second kappa shape index (κ2) is 5.87. The maximum Gasteiger partial charge on any atom is 0.411 e. The zero-order valence-electron chi connectivity index (χ0n) is 11.5. The molecule has 0 spiro atoms. The van der Waals surface area contributed by atoms with Crippen LogP contribution in [0.2, 0.25) is 0 Å². The summed E-state index contributed by atoms with van der Waals surface area (Å²) in [6.07, 6.45) is -0.0643. The monoisotopic (exact) mass is 355 g/mol. The van der Waals surface area contributed by atoms with Crippen molar-refractivity contribution < 1.29 is 19.1 Å². The third-order valence-electron chi connectivity index (χ3n) is 2.83. The SMILES string of the molecule is CC(C)(C)OC(=O)N1CC(Br)CC1(C)C(=O)OCCl. The number of rotatable bonds is 2. The van der Waals surface area contributed by atoms with Crippen LogP contribution < -0.4 is 0 Å². The van der Waals surface area contributed by atoms with Crippen molar-refractivity contribution in [3.05, 3.63) is 0 Å². The normalized spacial score (nSPS) is 27.3. The van der Waals surface area contributed by atoms with Gasteiger partial charge in [0.2, 0.25) is 0 Å². The third-order valence-corrected chi connectivity index (χ3v) is 3.56. The fraction of sp³-hybridized carbons (Fsp3) is 0.833. The number of halogens is 2. The number of likely N-dealkylation sites (tertiary alicyclic amines) is 1. The van der Waals surface area contributed by atoms with Crippen molar-refractivity contribution in [2.75, 3.05) is 12.6 Å². The molecule has 0 aromatic carbocycles. The molecule has 1 heterocycles. The highest BCUT2D eigenvalue weighted by molar-refractivity contribution is 9.09. The van der Waals surface area contributed by atoms with E-state index < -0.39 is 23.2 Å². The van der Waals surface area contributed by atoms with Crippen LogP contribution in [0.15, 0.2) is 0 Å². The van der Waals surface area contributed by atoms with Gasteiger partial charge in [0, 0.05) is 11.4 Å². The van der Waals surface area contributed by atoms with E-state index in [1.165, 1.54) is 4.90 Å². The second-order valence-corrected chi connectivity index (χ2v) is 7.22. The van der Waals surface area contributed by atoms with Crippen LogP contribution in [0, 0.1) is 0 Å². The van der Waals surface area contributed by atoms with Gasteiger partial charge in [-0.3, -0.25) is 4.90 Å². The number of ether oxygens (including phenoxy) is 2. The molecule has 5 nitrogen and oxygen atoms in total. The highest BCUT2D eigenvalue weighted by Crippen LogP contribution is 2.35. The highest BCUT2D eigenvalue weighted by atomic mass is 79.9. The Balaban J connectivity index is 2.91. The Labute approximate surface area is 126 Å². The standard InChI is InChI=1S/C12H19BrClNO4/c1-11(2,3)19-10(17)15-6-8(13)5-12(15,4)9(16)18-7-14/h8H,5-7H2,1-4H3. The minimum absolute atomic E-state index is 0.0212. The first-order valence-corrected chi connectivity index (χ1v) is 7.43. The number of carbonyl (C=O) groups is 2. The summed E-state index contributed by atoms with van der Waals surface area (Å²) >= 11 is 8.85. The van der Waals surface area contributed by atoms with Crippen molar-refractivity contribution in [2.24, 2.45) is 0 Å². The molecule has 7 heteroatoms. The molecule has 1 amide bonds. The van der Waals surface area contributed by atoms with Crippen molar-refractivity contribution in [3.8, 4) is 0 Å². The molecule has 0 aromatic heterocycles. The maximum atomic E-state index is 12.2. The quantitative estimate of drug-likeness (QED) is 0.564. The molecule has 0 aliphatic carbocycles. The van der Waals surface area contributed by atoms with Crippen molar-refractivity contribution in [3.63, 3.8) is 0 Å². The van der Waals surface area contributed by atoms with Gasteiger partial charge in [0.1, 0.15) is 11.1 Å². The first-order valence-electron chi connectivity index (χ1n) is 5.98. The number of hydrogen-bond acceptors (Lipinski definition) is 4. The number of hydrogen-bond donors (Lipinski definition) is 0. The molecule has 1 saturated heterocycles. The van der Waals surface area contributed by atoms with Crippen LogP contribution in [0.1, 0.15) is 34.1 Å². The Kier molecular flexibility index (Phi) is 5.12. The fourth-order valence-electron chi connectivity index (χ4n) is 2.00. The zero-order valence-corrected chi connectivity index (χ0v) is 13.9. The molecular formula is C12H19BrClNO4. The summed E-state index contributed by atoms with van der Waals surface area (Å²) in [6.45, 7) is 7.39. The largest absolute Gasteiger partial charge is 0.448 e. The van der Waals surface area contributed by atoms with E-state index in [1.807, 2.05) is 0 Å². The number of nitrogens with zero attached hydrogens (tertiary/aromatic N) is 1. The van der Waals surface area contributed by atoms with Crippen LogP contribution in [0.5, 0.6) is 0 Å². The van der Waals surface area contributed by atoms with Crippen molar-refractivity contribution >= 4 is 39.6 Å². The van der Waals surface area contributed by atoms with Crippen LogP contribution in [-0.4, -0.2) is 45.5 Å². The molecule has 0 bridgehead atoms. The predicted octanol–water partition coefficient (Wildman–Crippen LogP) is 2.89. The lowest BCUT2D eigenvalue weighted by Crippen LogP contribution is -2.52. The zero-order chi connectivity index (χ0) is 14.8. The summed E-state index contributed by atoms with van der Waals surface area (Å²) < 4.78 is 10.2. The summed E-state index contributed by atoms with van der Waals surface area (Å²) in [5, 5.41) is 0. The maximum absolute atomic E-state index is 12.2. The topological polar surface area (TPSA) is 55.8 Å². The molecule has 2 unspecified atom stereocenters. The number of carbonyl (C=O) groups excluding carboxylic acids is 2. The molecule has 1 aliphatic rings. The summed E-state index contributed by atoms with van der Waals surface area (Å²) in [5.41, 5.74) is -1.66. The van der Waals surface area contributed by atoms with Gasteiger partial charge in [-0.2, -0.15) is 0 Å². The molecule has 110 valence electrons. The van der Waals surface area contributed by atoms with Crippen LogP contribution in [0.4, 0.5) is 4.79 Å². The average Bonchev–Trinajstić information content (AvgIpc) is 2.53. The van der Waals surface area contributed by atoms with Gasteiger partial charge in [0.05, 0.1) is 0 Å². The van der Waals surface area contributed by atoms with Crippen LogP contribution in [0.25, 0.3) is 0 Å². The highest BCUT2D eigenvalue weighted by Gasteiger charge is 2.51. The van der Waals surface area contributed by atoms with E-state index in [0.29, 0.717) is 13.0 Å². The van der Waals surface area contributed by atoms with Crippen LogP contribution in [-0.2, 0) is 14.3 Å². The molecule has 1 fully saturated rings. The lowest BCUT2D eigenvalue weighted by atomic mass is 9.99. The van der Waals surface area contributed by atoms with E-state index in [4.69, 9.17) is 21.1 Å². The summed E-state index contributed by atoms with van der Waals surface area (Å²) in [7, 11) is 0. The van der Waals surface area contributed by atoms with Gasteiger partial charge in [-0.1, -0.05) is 27.5 Å². The van der Waals surface area contributed by atoms with E-state index >= 15 is 0 Å². The molecule has 2 atom stereocenters. The van der Waals surface area contributed by atoms with Gasteiger partial charge in [-0.15, -0.1) is 0 Å². The van der Waals surface area contributed by atoms with Crippen molar-refractivity contribution in [1.29, 1.82) is 0 Å². The van der Waals surface area contributed by atoms with Gasteiger partial charge in [-0.25, -0.2) is 9.59 Å². The number of amides is 1. The second-order valence-electron chi connectivity index (χ2n) is 5.71. The molecular weight excluding hydrogens is 337 g/mol. The van der Waals surface area contributed by atoms with E-state index in [-0.39, 0.29) is 10.9 Å². The summed E-state index contributed by atoms with van der Waals surface area (Å²) in [4.78, 5) is 25.6. The molecule has 0 N–H and O–H groups in total. The minimum atomic E-state index is -1.05. The summed E-state index contributed by atoms with van der Waals surface area (Å²) in [5.74, 6) is -0.518. The van der Waals surface area contributed by atoms with Gasteiger partial charge in [0.25, 0.3) is 0 Å². The number of esters is 1. The lowest BCUT2D eigenvalue weighted by molar-refractivity contribution is -0.153. The molecule has 1 aliphatic heterocycles. The van der Waals surface area contributed by atoms with Crippen LogP contribution in [0.3, 0.4) is 0 Å². The molecule has 0 radical (unpaired) electrons. The van der Waals surface area contributed by atoms with Gasteiger partial charge < -0.3 is 9.47 Å². The Morgan fingerprint density at radius 1 is 1.47 bits per heavy atom. The van der Waals surface area contributed by atoms with Gasteiger partial charge in [-0.05, 0) is 34.1 Å². The van der Waals surface area contributed by atoms with Gasteiger partial charge >= 0.3 is 12.1 Å². The Hall–Kier alpha value is -0.490. The Morgan fingerprint density at radius 3 is 2.53 bits per heavy atom. The fourth-order valence-corrected chi connectivity index (χ4v) is 3.02. The van der Waals surface area contributed by atoms with Gasteiger partial charge in [0.15, 0.2) is 6.07 Å². The van der Waals surface area contributed by atoms with E-state index in [2.05, 4.69) is 15.9 Å². The minimum Gasteiger partial charge on any atom is -0.448 e. The van der Waals surface area contributed by atoms with Crippen molar-refractivity contribution in [2.45, 2.75) is 50.1 Å². The molecule has 0 aromatic rings. The first kappa shape index (κ1) is 16.6. The molecule has 0 saturated carbocycles. The smallest absolute Gasteiger partial charge is 0.411 e. The molecule has 1 rings (SSSR count).